The van der Waals surface area contributed by atoms with E-state index in [1.807, 2.05) is 38.1 Å². The highest BCUT2D eigenvalue weighted by Crippen LogP contribution is 2.29. The van der Waals surface area contributed by atoms with Crippen molar-refractivity contribution in [2.24, 2.45) is 0 Å². The van der Waals surface area contributed by atoms with Crippen LogP contribution in [0.4, 0.5) is 5.69 Å². The lowest BCUT2D eigenvalue weighted by atomic mass is 10.2. The number of hydrogen-bond acceptors (Lipinski definition) is 4. The third-order valence-electron chi connectivity index (χ3n) is 4.51. The van der Waals surface area contributed by atoms with E-state index in [0.717, 1.165) is 15.4 Å². The zero-order valence-corrected chi connectivity index (χ0v) is 17.9. The van der Waals surface area contributed by atoms with Gasteiger partial charge in [-0.1, -0.05) is 47.5 Å². The Bertz CT molecular complexity index is 1120. The summed E-state index contributed by atoms with van der Waals surface area (Å²) in [6.07, 6.45) is 0. The van der Waals surface area contributed by atoms with Gasteiger partial charge in [0.25, 0.3) is 0 Å². The zero-order chi connectivity index (χ0) is 21.7. The maximum atomic E-state index is 12.7. The van der Waals surface area contributed by atoms with Gasteiger partial charge in [0.1, 0.15) is 5.75 Å². The number of ether oxygens (including phenoxy) is 1. The first-order chi connectivity index (χ1) is 14.3. The van der Waals surface area contributed by atoms with E-state index >= 15 is 0 Å². The molecule has 0 aliphatic carbocycles. The molecule has 1 N–H and O–H groups in total. The van der Waals surface area contributed by atoms with Crippen molar-refractivity contribution in [3.05, 3.63) is 83.9 Å². The molecule has 0 radical (unpaired) electrons. The first-order valence-electron chi connectivity index (χ1n) is 9.42. The highest BCUT2D eigenvalue weighted by atomic mass is 32.2. The lowest BCUT2D eigenvalue weighted by molar-refractivity contribution is -0.116. The molecule has 156 valence electrons. The molecule has 0 aliphatic rings. The van der Waals surface area contributed by atoms with E-state index < -0.39 is 15.9 Å². The van der Waals surface area contributed by atoms with Crippen LogP contribution in [0, 0.1) is 13.8 Å². The van der Waals surface area contributed by atoms with Crippen molar-refractivity contribution in [1.29, 1.82) is 0 Å². The molecule has 0 saturated carbocycles. The van der Waals surface area contributed by atoms with Crippen molar-refractivity contribution in [3.8, 4) is 11.5 Å². The lowest BCUT2D eigenvalue weighted by Crippen LogP contribution is -2.35. The average Bonchev–Trinajstić information content (AvgIpc) is 2.71. The van der Waals surface area contributed by atoms with Gasteiger partial charge in [-0.25, -0.2) is 8.42 Å². The van der Waals surface area contributed by atoms with Crippen LogP contribution in [0.2, 0.25) is 0 Å². The molecule has 0 spiro atoms. The minimum Gasteiger partial charge on any atom is -0.455 e. The fourth-order valence-electron chi connectivity index (χ4n) is 2.76. The number of nitrogens with one attached hydrogen (secondary N) is 1. The Balaban J connectivity index is 1.70. The Morgan fingerprint density at radius 3 is 2.10 bits per heavy atom. The Morgan fingerprint density at radius 1 is 0.900 bits per heavy atom. The lowest BCUT2D eigenvalue weighted by Gasteiger charge is -2.18. The second-order valence-electron chi connectivity index (χ2n) is 7.03. The summed E-state index contributed by atoms with van der Waals surface area (Å²) >= 11 is 0. The third-order valence-corrected chi connectivity index (χ3v) is 6.32. The van der Waals surface area contributed by atoms with Gasteiger partial charge in [0.15, 0.2) is 5.75 Å². The van der Waals surface area contributed by atoms with Gasteiger partial charge >= 0.3 is 0 Å². The highest BCUT2D eigenvalue weighted by molar-refractivity contribution is 7.89. The molecule has 0 heterocycles. The molecule has 0 fully saturated rings. The van der Waals surface area contributed by atoms with E-state index in [0.29, 0.717) is 17.2 Å². The fraction of sp³-hybridized carbons (Fsp3) is 0.174. The molecule has 0 atom stereocenters. The number of para-hydroxylation sites is 2. The molecule has 0 saturated heterocycles. The van der Waals surface area contributed by atoms with E-state index in [9.17, 15) is 13.2 Å². The molecule has 0 unspecified atom stereocenters. The number of rotatable bonds is 7. The van der Waals surface area contributed by atoms with Crippen molar-refractivity contribution >= 4 is 21.6 Å². The Morgan fingerprint density at radius 2 is 1.47 bits per heavy atom. The molecule has 0 aromatic heterocycles. The summed E-state index contributed by atoms with van der Waals surface area (Å²) in [4.78, 5) is 12.7. The summed E-state index contributed by atoms with van der Waals surface area (Å²) in [5.41, 5.74) is 2.53. The van der Waals surface area contributed by atoms with Crippen LogP contribution in [0.1, 0.15) is 11.1 Å². The number of likely N-dealkylation sites (N-methyl/N-ethyl adjacent to an activating group) is 1. The second kappa shape index (κ2) is 9.11. The maximum absolute atomic E-state index is 12.7. The fourth-order valence-corrected chi connectivity index (χ4v) is 3.89. The van der Waals surface area contributed by atoms with Gasteiger partial charge in [0.2, 0.25) is 15.9 Å². The number of anilines is 1. The van der Waals surface area contributed by atoms with Crippen LogP contribution in [-0.2, 0) is 14.8 Å². The minimum atomic E-state index is -3.76. The molecule has 7 heteroatoms. The molecular weight excluding hydrogens is 400 g/mol. The molecule has 3 aromatic carbocycles. The van der Waals surface area contributed by atoms with E-state index in [2.05, 4.69) is 5.32 Å². The number of sulfonamides is 1. The van der Waals surface area contributed by atoms with E-state index in [-0.39, 0.29) is 11.4 Å². The number of nitrogens with zero attached hydrogens (tertiary/aromatic N) is 1. The first kappa shape index (κ1) is 21.5. The van der Waals surface area contributed by atoms with Crippen LogP contribution in [-0.4, -0.2) is 32.2 Å². The normalized spacial score (nSPS) is 11.3. The summed E-state index contributed by atoms with van der Waals surface area (Å²) in [6.45, 7) is 3.54. The van der Waals surface area contributed by atoms with Gasteiger partial charge in [-0.15, -0.1) is 0 Å². The van der Waals surface area contributed by atoms with Crippen molar-refractivity contribution in [1.82, 2.24) is 4.31 Å². The number of hydrogen-bond donors (Lipinski definition) is 1. The summed E-state index contributed by atoms with van der Waals surface area (Å²) in [5.74, 6) is 0.647. The molecule has 1 amide bonds. The summed E-state index contributed by atoms with van der Waals surface area (Å²) in [6, 6.07) is 21.1. The molecule has 0 aliphatic heterocycles. The number of aryl methyl sites for hydroxylation is 2. The van der Waals surface area contributed by atoms with Crippen molar-refractivity contribution in [2.75, 3.05) is 18.9 Å². The quantitative estimate of drug-likeness (QED) is 0.612. The molecular formula is C23H24N2O4S. The minimum absolute atomic E-state index is 0.145. The number of benzene rings is 3. The van der Waals surface area contributed by atoms with E-state index in [1.54, 1.807) is 36.4 Å². The number of carbonyl (C=O) groups excluding carboxylic acids is 1. The molecule has 3 aromatic rings. The first-order valence-corrected chi connectivity index (χ1v) is 10.9. The van der Waals surface area contributed by atoms with Gasteiger partial charge in [-0.3, -0.25) is 4.79 Å². The Labute approximate surface area is 177 Å². The molecule has 30 heavy (non-hydrogen) atoms. The molecule has 3 rings (SSSR count). The van der Waals surface area contributed by atoms with Gasteiger partial charge in [0, 0.05) is 7.05 Å². The average molecular weight is 425 g/mol. The number of amides is 1. The van der Waals surface area contributed by atoms with Gasteiger partial charge in [-0.05, 0) is 50.2 Å². The SMILES string of the molecule is Cc1ccc(Oc2ccccc2NC(=O)CN(C)S(=O)(=O)c2ccc(C)cc2)cc1. The Kier molecular flexibility index (Phi) is 6.54. The predicted octanol–water partition coefficient (Wildman–Crippen LogP) is 4.35. The van der Waals surface area contributed by atoms with Crippen LogP contribution in [0.15, 0.2) is 77.7 Å². The van der Waals surface area contributed by atoms with Gasteiger partial charge in [0.05, 0.1) is 17.1 Å². The smallest absolute Gasteiger partial charge is 0.243 e. The largest absolute Gasteiger partial charge is 0.455 e. The zero-order valence-electron chi connectivity index (χ0n) is 17.1. The van der Waals surface area contributed by atoms with Crippen LogP contribution in [0.3, 0.4) is 0 Å². The summed E-state index contributed by atoms with van der Waals surface area (Å²) < 4.78 is 32.3. The molecule has 0 bridgehead atoms. The predicted molar refractivity (Wildman–Crippen MR) is 117 cm³/mol. The Hall–Kier alpha value is -3.16. The standard InChI is InChI=1S/C23H24N2O4S/c1-17-8-12-19(13-9-17)29-22-7-5-4-6-21(22)24-23(26)16-25(3)30(27,28)20-14-10-18(2)11-15-20/h4-15H,16H2,1-3H3,(H,24,26). The van der Waals surface area contributed by atoms with Crippen molar-refractivity contribution < 1.29 is 17.9 Å². The van der Waals surface area contributed by atoms with E-state index in [1.165, 1.54) is 19.2 Å². The van der Waals surface area contributed by atoms with Crippen molar-refractivity contribution in [2.45, 2.75) is 18.7 Å². The monoisotopic (exact) mass is 424 g/mol. The van der Waals surface area contributed by atoms with Crippen LogP contribution < -0.4 is 10.1 Å². The van der Waals surface area contributed by atoms with Gasteiger partial charge in [-0.2, -0.15) is 4.31 Å². The van der Waals surface area contributed by atoms with Crippen LogP contribution in [0.25, 0.3) is 0 Å². The second-order valence-corrected chi connectivity index (χ2v) is 9.08. The molecule has 6 nitrogen and oxygen atoms in total. The highest BCUT2D eigenvalue weighted by Gasteiger charge is 2.23. The number of carbonyl (C=O) groups is 1. The maximum Gasteiger partial charge on any atom is 0.243 e. The van der Waals surface area contributed by atoms with Crippen molar-refractivity contribution in [3.63, 3.8) is 0 Å². The van der Waals surface area contributed by atoms with Crippen LogP contribution in [0.5, 0.6) is 11.5 Å². The summed E-state index contributed by atoms with van der Waals surface area (Å²) in [5, 5.41) is 2.74. The summed E-state index contributed by atoms with van der Waals surface area (Å²) in [7, 11) is -2.39. The van der Waals surface area contributed by atoms with Crippen LogP contribution >= 0.6 is 0 Å². The third kappa shape index (κ3) is 5.25. The van der Waals surface area contributed by atoms with E-state index in [4.69, 9.17) is 4.74 Å². The topological polar surface area (TPSA) is 75.7 Å². The van der Waals surface area contributed by atoms with Gasteiger partial charge < -0.3 is 10.1 Å².